The largest absolute Gasteiger partial charge is 0.493 e. The summed E-state index contributed by atoms with van der Waals surface area (Å²) >= 11 is 3.35. The van der Waals surface area contributed by atoms with Crippen molar-refractivity contribution in [2.75, 3.05) is 19.5 Å². The summed E-state index contributed by atoms with van der Waals surface area (Å²) in [6, 6.07) is 6.59. The summed E-state index contributed by atoms with van der Waals surface area (Å²) < 4.78 is 49.9. The Labute approximate surface area is 155 Å². The predicted octanol–water partition coefficient (Wildman–Crippen LogP) is 4.98. The average molecular weight is 428 g/mol. The van der Waals surface area contributed by atoms with Gasteiger partial charge in [-0.2, -0.15) is 13.2 Å². The summed E-state index contributed by atoms with van der Waals surface area (Å²) in [7, 11) is 2.95. The summed E-state index contributed by atoms with van der Waals surface area (Å²) in [6.45, 7) is 0. The van der Waals surface area contributed by atoms with Gasteiger partial charge in [-0.05, 0) is 30.3 Å². The number of carbonyl (C=O) groups excluding carboxylic acids is 1. The molecule has 136 valence electrons. The van der Waals surface area contributed by atoms with E-state index in [1.165, 1.54) is 20.3 Å². The van der Waals surface area contributed by atoms with E-state index >= 15 is 0 Å². The zero-order valence-corrected chi connectivity index (χ0v) is 15.3. The summed E-state index contributed by atoms with van der Waals surface area (Å²) in [4.78, 5) is 12.3. The second kappa shape index (κ2) is 6.68. The smallest absolute Gasteiger partial charge is 0.416 e. The number of methoxy groups -OCH3 is 2. The molecule has 0 atom stereocenters. The second-order valence-corrected chi connectivity index (χ2v) is 6.42. The molecule has 1 N–H and O–H groups in total. The molecule has 0 aromatic heterocycles. The molecule has 0 saturated heterocycles. The lowest BCUT2D eigenvalue weighted by molar-refractivity contribution is -0.137. The van der Waals surface area contributed by atoms with E-state index in [0.717, 1.165) is 12.1 Å². The fourth-order valence-electron chi connectivity index (χ4n) is 2.74. The van der Waals surface area contributed by atoms with E-state index in [-0.39, 0.29) is 11.3 Å². The molecule has 3 rings (SSSR count). The van der Waals surface area contributed by atoms with Crippen LogP contribution in [-0.2, 0) is 11.0 Å². The van der Waals surface area contributed by atoms with Crippen LogP contribution in [0.4, 0.5) is 18.9 Å². The van der Waals surface area contributed by atoms with Crippen molar-refractivity contribution in [3.63, 3.8) is 0 Å². The number of amides is 1. The third-order valence-electron chi connectivity index (χ3n) is 3.90. The summed E-state index contributed by atoms with van der Waals surface area (Å²) in [5.41, 5.74) is 0.490. The first kappa shape index (κ1) is 18.3. The van der Waals surface area contributed by atoms with Crippen LogP contribution < -0.4 is 14.8 Å². The lowest BCUT2D eigenvalue weighted by Crippen LogP contribution is -2.06. The molecule has 1 aliphatic heterocycles. The predicted molar refractivity (Wildman–Crippen MR) is 95.2 cm³/mol. The SMILES string of the molecule is COc1cc(Br)cc(/C=C2/C(=O)Nc3cc(C(F)(F)F)ccc32)c1OC. The Balaban J connectivity index is 2.13. The minimum Gasteiger partial charge on any atom is -0.493 e. The van der Waals surface area contributed by atoms with Crippen molar-refractivity contribution in [1.29, 1.82) is 0 Å². The van der Waals surface area contributed by atoms with Crippen LogP contribution in [0.15, 0.2) is 34.8 Å². The van der Waals surface area contributed by atoms with Gasteiger partial charge in [0.25, 0.3) is 5.91 Å². The maximum atomic E-state index is 12.9. The van der Waals surface area contributed by atoms with Gasteiger partial charge in [0.1, 0.15) is 0 Å². The lowest BCUT2D eigenvalue weighted by atomic mass is 10.0. The van der Waals surface area contributed by atoms with Crippen LogP contribution in [0, 0.1) is 0 Å². The Morgan fingerprint density at radius 3 is 2.46 bits per heavy atom. The third kappa shape index (κ3) is 3.29. The highest BCUT2D eigenvalue weighted by atomic mass is 79.9. The molecule has 26 heavy (non-hydrogen) atoms. The van der Waals surface area contributed by atoms with Gasteiger partial charge in [-0.3, -0.25) is 4.79 Å². The highest BCUT2D eigenvalue weighted by Gasteiger charge is 2.33. The van der Waals surface area contributed by atoms with Crippen molar-refractivity contribution in [3.8, 4) is 11.5 Å². The molecule has 0 radical (unpaired) electrons. The minimum atomic E-state index is -4.48. The Morgan fingerprint density at radius 1 is 1.12 bits per heavy atom. The van der Waals surface area contributed by atoms with E-state index < -0.39 is 17.6 Å². The molecule has 2 aromatic rings. The van der Waals surface area contributed by atoms with Crippen LogP contribution >= 0.6 is 15.9 Å². The first-order chi connectivity index (χ1) is 12.2. The molecule has 1 heterocycles. The fourth-order valence-corrected chi connectivity index (χ4v) is 3.19. The zero-order valence-electron chi connectivity index (χ0n) is 13.7. The number of hydrogen-bond donors (Lipinski definition) is 1. The first-order valence-corrected chi connectivity index (χ1v) is 8.20. The number of benzene rings is 2. The van der Waals surface area contributed by atoms with E-state index in [1.807, 2.05) is 0 Å². The Hall–Kier alpha value is -2.48. The van der Waals surface area contributed by atoms with E-state index in [1.54, 1.807) is 18.2 Å². The maximum Gasteiger partial charge on any atom is 0.416 e. The molecular weight excluding hydrogens is 415 g/mol. The van der Waals surface area contributed by atoms with Crippen LogP contribution in [0.2, 0.25) is 0 Å². The monoisotopic (exact) mass is 427 g/mol. The zero-order chi connectivity index (χ0) is 19.1. The number of fused-ring (bicyclic) bond motifs is 1. The van der Waals surface area contributed by atoms with Gasteiger partial charge in [0, 0.05) is 26.9 Å². The highest BCUT2D eigenvalue weighted by Crippen LogP contribution is 2.41. The lowest BCUT2D eigenvalue weighted by Gasteiger charge is -2.12. The number of ether oxygens (including phenoxy) is 2. The van der Waals surface area contributed by atoms with Gasteiger partial charge in [0.05, 0.1) is 19.8 Å². The Kier molecular flexibility index (Phi) is 4.70. The summed E-state index contributed by atoms with van der Waals surface area (Å²) in [5.74, 6) is 0.386. The van der Waals surface area contributed by atoms with Gasteiger partial charge in [-0.15, -0.1) is 0 Å². The number of hydrogen-bond acceptors (Lipinski definition) is 3. The summed E-state index contributed by atoms with van der Waals surface area (Å²) in [5, 5.41) is 2.47. The number of nitrogens with one attached hydrogen (secondary N) is 1. The molecule has 0 unspecified atom stereocenters. The molecule has 0 saturated carbocycles. The Morgan fingerprint density at radius 2 is 1.85 bits per heavy atom. The van der Waals surface area contributed by atoms with Crippen molar-refractivity contribution < 1.29 is 27.4 Å². The van der Waals surface area contributed by atoms with Crippen LogP contribution in [0.25, 0.3) is 11.6 Å². The standard InChI is InChI=1S/C18H13BrF3NO3/c1-25-15-8-11(19)5-9(16(15)26-2)6-13-12-4-3-10(18(20,21)22)7-14(12)23-17(13)24/h3-8H,1-2H3,(H,23,24)/b13-6+. The minimum absolute atomic E-state index is 0.122. The van der Waals surface area contributed by atoms with E-state index in [0.29, 0.717) is 27.1 Å². The van der Waals surface area contributed by atoms with Crippen molar-refractivity contribution in [1.82, 2.24) is 0 Å². The second-order valence-electron chi connectivity index (χ2n) is 5.50. The number of alkyl halides is 3. The van der Waals surface area contributed by atoms with Gasteiger partial charge >= 0.3 is 6.18 Å². The molecule has 0 fully saturated rings. The maximum absolute atomic E-state index is 12.9. The third-order valence-corrected chi connectivity index (χ3v) is 4.36. The van der Waals surface area contributed by atoms with Gasteiger partial charge in [-0.25, -0.2) is 0 Å². The average Bonchev–Trinajstić information content (AvgIpc) is 2.88. The number of carbonyl (C=O) groups is 1. The summed E-state index contributed by atoms with van der Waals surface area (Å²) in [6.07, 6.45) is -2.92. The first-order valence-electron chi connectivity index (χ1n) is 7.40. The van der Waals surface area contributed by atoms with Gasteiger partial charge in [-0.1, -0.05) is 22.0 Å². The fraction of sp³-hybridized carbons (Fsp3) is 0.167. The van der Waals surface area contributed by atoms with Crippen LogP contribution in [0.3, 0.4) is 0 Å². The molecule has 1 amide bonds. The van der Waals surface area contributed by atoms with Crippen LogP contribution in [0.5, 0.6) is 11.5 Å². The van der Waals surface area contributed by atoms with E-state index in [9.17, 15) is 18.0 Å². The normalized spacial score (nSPS) is 15.0. The quantitative estimate of drug-likeness (QED) is 0.702. The van der Waals surface area contributed by atoms with Crippen LogP contribution in [-0.4, -0.2) is 20.1 Å². The van der Waals surface area contributed by atoms with E-state index in [4.69, 9.17) is 9.47 Å². The van der Waals surface area contributed by atoms with Crippen molar-refractivity contribution in [2.45, 2.75) is 6.18 Å². The molecule has 0 spiro atoms. The molecule has 8 heteroatoms. The molecule has 4 nitrogen and oxygen atoms in total. The molecule has 0 aliphatic carbocycles. The van der Waals surface area contributed by atoms with E-state index in [2.05, 4.69) is 21.2 Å². The topological polar surface area (TPSA) is 47.6 Å². The van der Waals surface area contributed by atoms with Gasteiger partial charge < -0.3 is 14.8 Å². The number of anilines is 1. The molecule has 0 bridgehead atoms. The van der Waals surface area contributed by atoms with Crippen molar-refractivity contribution in [3.05, 3.63) is 51.5 Å². The number of halogens is 4. The number of rotatable bonds is 3. The van der Waals surface area contributed by atoms with Crippen molar-refractivity contribution in [2.24, 2.45) is 0 Å². The molecule has 1 aliphatic rings. The van der Waals surface area contributed by atoms with Gasteiger partial charge in [0.2, 0.25) is 0 Å². The Bertz CT molecular complexity index is 923. The van der Waals surface area contributed by atoms with Gasteiger partial charge in [0.15, 0.2) is 11.5 Å². The highest BCUT2D eigenvalue weighted by molar-refractivity contribution is 9.10. The van der Waals surface area contributed by atoms with Crippen LogP contribution in [0.1, 0.15) is 16.7 Å². The molecular formula is C18H13BrF3NO3. The van der Waals surface area contributed by atoms with Crippen molar-refractivity contribution >= 4 is 39.2 Å². The molecule has 2 aromatic carbocycles.